The zero-order valence-corrected chi connectivity index (χ0v) is 15.2. The highest BCUT2D eigenvalue weighted by Crippen LogP contribution is 2.28. The summed E-state index contributed by atoms with van der Waals surface area (Å²) in [5.74, 6) is -0.589. The van der Waals surface area contributed by atoms with Crippen molar-refractivity contribution in [2.45, 2.75) is 39.0 Å². The third-order valence-corrected chi connectivity index (χ3v) is 6.13. The van der Waals surface area contributed by atoms with Gasteiger partial charge in [0.05, 0.1) is 4.88 Å². The van der Waals surface area contributed by atoms with Crippen LogP contribution in [-0.2, 0) is 17.6 Å². The smallest absolute Gasteiger partial charge is 0.268 e. The minimum absolute atomic E-state index is 0.248. The lowest BCUT2D eigenvalue weighted by atomic mass is 10.1. The third-order valence-electron chi connectivity index (χ3n) is 3.93. The first-order valence-corrected chi connectivity index (χ1v) is 9.71. The summed E-state index contributed by atoms with van der Waals surface area (Å²) >= 11 is 3.16. The minimum Gasteiger partial charge on any atom is -0.268 e. The van der Waals surface area contributed by atoms with Gasteiger partial charge in [0, 0.05) is 20.7 Å². The summed E-state index contributed by atoms with van der Waals surface area (Å²) in [6.07, 6.45) is 8.92. The van der Waals surface area contributed by atoms with Gasteiger partial charge in [-0.2, -0.15) is 0 Å². The van der Waals surface area contributed by atoms with Gasteiger partial charge in [-0.25, -0.2) is 0 Å². The van der Waals surface area contributed by atoms with E-state index in [9.17, 15) is 9.59 Å². The summed E-state index contributed by atoms with van der Waals surface area (Å²) in [7, 11) is 0. The minimum atomic E-state index is -0.340. The molecule has 4 nitrogen and oxygen atoms in total. The molecule has 2 N–H and O–H groups in total. The van der Waals surface area contributed by atoms with Crippen LogP contribution in [0.1, 0.15) is 49.1 Å². The van der Waals surface area contributed by atoms with Crippen LogP contribution >= 0.6 is 22.7 Å². The predicted molar refractivity (Wildman–Crippen MR) is 99.3 cm³/mol. The monoisotopic (exact) mass is 360 g/mol. The van der Waals surface area contributed by atoms with Crippen molar-refractivity contribution >= 4 is 40.6 Å². The molecule has 2 amide bonds. The zero-order chi connectivity index (χ0) is 16.9. The first kappa shape index (κ1) is 16.9. The highest BCUT2D eigenvalue weighted by Gasteiger charge is 2.16. The SMILES string of the molecule is Cc1ccc(/C=C/C(=O)NNC(=O)c2cc3c(s2)CCCCC3)s1. The molecule has 0 spiro atoms. The summed E-state index contributed by atoms with van der Waals surface area (Å²) in [6.45, 7) is 2.02. The number of carbonyl (C=O) groups is 2. The van der Waals surface area contributed by atoms with Crippen molar-refractivity contribution in [2.24, 2.45) is 0 Å². The Balaban J connectivity index is 1.53. The van der Waals surface area contributed by atoms with Gasteiger partial charge in [0.15, 0.2) is 0 Å². The topological polar surface area (TPSA) is 58.2 Å². The molecule has 0 bridgehead atoms. The molecule has 6 heteroatoms. The van der Waals surface area contributed by atoms with Gasteiger partial charge in [-0.3, -0.25) is 20.4 Å². The van der Waals surface area contributed by atoms with E-state index < -0.39 is 0 Å². The first-order chi connectivity index (χ1) is 11.6. The largest absolute Gasteiger partial charge is 0.279 e. The van der Waals surface area contributed by atoms with Crippen molar-refractivity contribution in [1.29, 1.82) is 0 Å². The van der Waals surface area contributed by atoms with Crippen LogP contribution in [0.5, 0.6) is 0 Å². The molecule has 0 saturated heterocycles. The predicted octanol–water partition coefficient (Wildman–Crippen LogP) is 3.86. The van der Waals surface area contributed by atoms with Crippen molar-refractivity contribution in [3.05, 3.63) is 49.3 Å². The second-order valence-electron chi connectivity index (χ2n) is 5.84. The average Bonchev–Trinajstić information content (AvgIpc) is 3.11. The van der Waals surface area contributed by atoms with E-state index in [-0.39, 0.29) is 11.8 Å². The summed E-state index contributed by atoms with van der Waals surface area (Å²) in [5.41, 5.74) is 6.22. The third kappa shape index (κ3) is 4.33. The number of carbonyl (C=O) groups excluding carboxylic acids is 2. The standard InChI is InChI=1S/C18H20N2O2S2/c1-12-7-8-14(23-12)9-10-17(21)19-20-18(22)16-11-13-5-3-2-4-6-15(13)24-16/h7-11H,2-6H2,1H3,(H,19,21)(H,20,22)/b10-9+. The van der Waals surface area contributed by atoms with Gasteiger partial charge in [0.25, 0.3) is 11.8 Å². The van der Waals surface area contributed by atoms with Gasteiger partial charge in [-0.15, -0.1) is 22.7 Å². The molecule has 24 heavy (non-hydrogen) atoms. The number of hydrazine groups is 1. The number of aryl methyl sites for hydroxylation is 3. The maximum atomic E-state index is 12.2. The average molecular weight is 361 g/mol. The van der Waals surface area contributed by atoms with Gasteiger partial charge < -0.3 is 0 Å². The van der Waals surface area contributed by atoms with E-state index in [0.717, 1.165) is 17.7 Å². The highest BCUT2D eigenvalue weighted by molar-refractivity contribution is 7.14. The normalized spacial score (nSPS) is 14.2. The van der Waals surface area contributed by atoms with Crippen LogP contribution in [0.3, 0.4) is 0 Å². The molecule has 3 rings (SSSR count). The van der Waals surface area contributed by atoms with Crippen LogP contribution in [0, 0.1) is 6.92 Å². The quantitative estimate of drug-likeness (QED) is 0.496. The molecule has 2 heterocycles. The van der Waals surface area contributed by atoms with Crippen LogP contribution in [-0.4, -0.2) is 11.8 Å². The number of amides is 2. The van der Waals surface area contributed by atoms with Gasteiger partial charge in [-0.05, 0) is 62.4 Å². The summed E-state index contributed by atoms with van der Waals surface area (Å²) in [4.78, 5) is 28.2. The zero-order valence-electron chi connectivity index (χ0n) is 13.6. The molecule has 0 aromatic carbocycles. The maximum Gasteiger partial charge on any atom is 0.279 e. The van der Waals surface area contributed by atoms with Crippen LogP contribution in [0.15, 0.2) is 24.3 Å². The Morgan fingerprint density at radius 3 is 2.71 bits per heavy atom. The fourth-order valence-electron chi connectivity index (χ4n) is 2.70. The molecule has 0 unspecified atom stereocenters. The lowest BCUT2D eigenvalue weighted by molar-refractivity contribution is -0.117. The Labute approximate surface area is 149 Å². The maximum absolute atomic E-state index is 12.2. The number of rotatable bonds is 3. The number of thiophene rings is 2. The van der Waals surface area contributed by atoms with Gasteiger partial charge in [-0.1, -0.05) is 6.42 Å². The van der Waals surface area contributed by atoms with Crippen molar-refractivity contribution in [3.63, 3.8) is 0 Å². The van der Waals surface area contributed by atoms with Crippen LogP contribution < -0.4 is 10.9 Å². The number of nitrogens with one attached hydrogen (secondary N) is 2. The Hall–Kier alpha value is -1.92. The number of hydrogen-bond donors (Lipinski definition) is 2. The fraction of sp³-hybridized carbons (Fsp3) is 0.333. The van der Waals surface area contributed by atoms with Gasteiger partial charge in [0.2, 0.25) is 0 Å². The Morgan fingerprint density at radius 2 is 1.92 bits per heavy atom. The Bertz CT molecular complexity index is 750. The molecule has 1 aliphatic rings. The van der Waals surface area contributed by atoms with E-state index in [4.69, 9.17) is 0 Å². The molecule has 0 atom stereocenters. The Kier molecular flexibility index (Phi) is 5.48. The van der Waals surface area contributed by atoms with Gasteiger partial charge in [0.1, 0.15) is 0 Å². The van der Waals surface area contributed by atoms with Gasteiger partial charge >= 0.3 is 0 Å². The van der Waals surface area contributed by atoms with E-state index in [1.165, 1.54) is 40.7 Å². The second-order valence-corrected chi connectivity index (χ2v) is 8.30. The molecule has 1 aliphatic carbocycles. The number of fused-ring (bicyclic) bond motifs is 1. The molecule has 0 saturated carbocycles. The van der Waals surface area contributed by atoms with Crippen LogP contribution in [0.25, 0.3) is 6.08 Å². The molecular weight excluding hydrogens is 340 g/mol. The molecule has 0 radical (unpaired) electrons. The highest BCUT2D eigenvalue weighted by atomic mass is 32.1. The van der Waals surface area contributed by atoms with Crippen molar-refractivity contribution in [1.82, 2.24) is 10.9 Å². The van der Waals surface area contributed by atoms with Crippen molar-refractivity contribution in [3.8, 4) is 0 Å². The molecule has 0 aliphatic heterocycles. The molecular formula is C18H20N2O2S2. The van der Waals surface area contributed by atoms with Crippen LogP contribution in [0.4, 0.5) is 0 Å². The van der Waals surface area contributed by atoms with E-state index in [0.29, 0.717) is 4.88 Å². The molecule has 2 aromatic rings. The Morgan fingerprint density at radius 1 is 1.08 bits per heavy atom. The van der Waals surface area contributed by atoms with E-state index >= 15 is 0 Å². The first-order valence-electron chi connectivity index (χ1n) is 8.08. The number of hydrogen-bond acceptors (Lipinski definition) is 4. The van der Waals surface area contributed by atoms with E-state index in [2.05, 4.69) is 10.9 Å². The fourth-order valence-corrected chi connectivity index (χ4v) is 4.63. The molecule has 2 aromatic heterocycles. The lowest BCUT2D eigenvalue weighted by Crippen LogP contribution is -2.40. The summed E-state index contributed by atoms with van der Waals surface area (Å²) < 4.78 is 0. The van der Waals surface area contributed by atoms with E-state index in [1.54, 1.807) is 28.7 Å². The summed E-state index contributed by atoms with van der Waals surface area (Å²) in [5, 5.41) is 0. The van der Waals surface area contributed by atoms with Crippen molar-refractivity contribution < 1.29 is 9.59 Å². The van der Waals surface area contributed by atoms with Crippen LogP contribution in [0.2, 0.25) is 0 Å². The second kappa shape index (κ2) is 7.77. The molecule has 0 fully saturated rings. The molecule has 126 valence electrons. The lowest BCUT2D eigenvalue weighted by Gasteiger charge is -2.03. The van der Waals surface area contributed by atoms with E-state index in [1.807, 2.05) is 25.1 Å². The summed E-state index contributed by atoms with van der Waals surface area (Å²) in [6, 6.07) is 5.93. The van der Waals surface area contributed by atoms with Crippen molar-refractivity contribution in [2.75, 3.05) is 0 Å².